The van der Waals surface area contributed by atoms with Gasteiger partial charge in [-0.25, -0.2) is 15.0 Å². The van der Waals surface area contributed by atoms with Crippen LogP contribution >= 0.6 is 0 Å². The van der Waals surface area contributed by atoms with Crippen molar-refractivity contribution < 1.29 is 4.42 Å². The number of furan rings is 1. The van der Waals surface area contributed by atoms with Crippen LogP contribution in [-0.2, 0) is 0 Å². The number of aromatic nitrogens is 5. The van der Waals surface area contributed by atoms with Crippen LogP contribution in [0.15, 0.2) is 241 Å². The monoisotopic (exact) mass is 881 g/mol. The molecule has 0 aliphatic rings. The van der Waals surface area contributed by atoms with Gasteiger partial charge in [-0.05, 0) is 76.9 Å². The van der Waals surface area contributed by atoms with Crippen molar-refractivity contribution in [2.75, 3.05) is 0 Å². The highest BCUT2D eigenvalue weighted by Crippen LogP contribution is 2.44. The molecule has 14 aromatic rings. The summed E-state index contributed by atoms with van der Waals surface area (Å²) in [6.07, 6.45) is 0. The Morgan fingerprint density at radius 1 is 0.275 bits per heavy atom. The van der Waals surface area contributed by atoms with E-state index in [1.54, 1.807) is 0 Å². The van der Waals surface area contributed by atoms with Crippen molar-refractivity contribution in [2.45, 2.75) is 0 Å². The number of hydrogen-bond donors (Lipinski definition) is 0. The first-order valence-corrected chi connectivity index (χ1v) is 23.3. The molecule has 0 aliphatic heterocycles. The van der Waals surface area contributed by atoms with E-state index in [2.05, 4.69) is 234 Å². The molecule has 0 unspecified atom stereocenters. The van der Waals surface area contributed by atoms with Crippen LogP contribution in [-0.4, -0.2) is 24.1 Å². The van der Waals surface area contributed by atoms with Crippen LogP contribution in [0.2, 0.25) is 0 Å². The third kappa shape index (κ3) is 6.30. The minimum atomic E-state index is 0.595. The maximum atomic E-state index is 7.25. The van der Waals surface area contributed by atoms with Crippen molar-refractivity contribution in [3.05, 3.63) is 237 Å². The molecule has 0 saturated heterocycles. The molecule has 0 aliphatic carbocycles. The third-order valence-electron chi connectivity index (χ3n) is 13.6. The zero-order chi connectivity index (χ0) is 45.4. The summed E-state index contributed by atoms with van der Waals surface area (Å²) >= 11 is 0. The summed E-state index contributed by atoms with van der Waals surface area (Å²) < 4.78 is 11.9. The fraction of sp³-hybridized carbons (Fsp3) is 0. The van der Waals surface area contributed by atoms with Crippen LogP contribution in [0.25, 0.3) is 133 Å². The van der Waals surface area contributed by atoms with Crippen LogP contribution in [0.5, 0.6) is 0 Å². The van der Waals surface area contributed by atoms with Gasteiger partial charge in [-0.15, -0.1) is 0 Å². The first-order chi connectivity index (χ1) is 34.2. The molecule has 4 aromatic heterocycles. The highest BCUT2D eigenvalue weighted by atomic mass is 16.3. The topological polar surface area (TPSA) is 61.7 Å². The van der Waals surface area contributed by atoms with E-state index in [1.807, 2.05) is 12.1 Å². The summed E-state index contributed by atoms with van der Waals surface area (Å²) in [4.78, 5) is 15.6. The molecule has 10 aromatic carbocycles. The summed E-state index contributed by atoms with van der Waals surface area (Å²) in [5.74, 6) is 1.81. The molecule has 4 heterocycles. The van der Waals surface area contributed by atoms with Gasteiger partial charge in [-0.3, -0.25) is 0 Å². The van der Waals surface area contributed by atoms with E-state index in [-0.39, 0.29) is 0 Å². The SMILES string of the molecule is c1ccc(-c2ccc(-c3nc(-c4ccc(-c5ccccc5)cc4)nc(-c4ccc5c(c4)c4ccc6c7cccc(-n8c9ccccc9c9ccccc98)c7oc6c4n5-c4ccccc4)n3)cc2)cc1. The number of hydrogen-bond acceptors (Lipinski definition) is 4. The van der Waals surface area contributed by atoms with Gasteiger partial charge in [0.25, 0.3) is 0 Å². The minimum absolute atomic E-state index is 0.595. The van der Waals surface area contributed by atoms with Gasteiger partial charge in [-0.2, -0.15) is 0 Å². The standard InChI is InChI=1S/C63H39N5O/c1-4-15-40(16-5-1)42-27-31-44(32-28-42)61-64-62(45-33-29-43(30-34-45)41-17-6-2-7-18-41)66-63(65-61)46-35-38-56-53(39-46)50-36-37-52-51-23-14-26-57(59(51)69-60(52)58(50)67(56)47-19-8-3-9-20-47)68-54-24-12-10-21-48(54)49-22-11-13-25-55(49)68/h1-39H. The van der Waals surface area contributed by atoms with Gasteiger partial charge in [0.05, 0.1) is 27.8 Å². The molecular formula is C63H39N5O. The predicted molar refractivity (Wildman–Crippen MR) is 283 cm³/mol. The van der Waals surface area contributed by atoms with Crippen LogP contribution in [0.4, 0.5) is 0 Å². The minimum Gasteiger partial charge on any atom is -0.452 e. The van der Waals surface area contributed by atoms with Gasteiger partial charge in [0.2, 0.25) is 0 Å². The van der Waals surface area contributed by atoms with Gasteiger partial charge >= 0.3 is 0 Å². The third-order valence-corrected chi connectivity index (χ3v) is 13.6. The van der Waals surface area contributed by atoms with E-state index >= 15 is 0 Å². The van der Waals surface area contributed by atoms with E-state index < -0.39 is 0 Å². The molecule has 0 atom stereocenters. The zero-order valence-corrected chi connectivity index (χ0v) is 37.2. The summed E-state index contributed by atoms with van der Waals surface area (Å²) in [6.45, 7) is 0. The van der Waals surface area contributed by atoms with Crippen molar-refractivity contribution in [1.82, 2.24) is 24.1 Å². The normalized spacial score (nSPS) is 11.8. The van der Waals surface area contributed by atoms with Crippen LogP contribution in [0.3, 0.4) is 0 Å². The average molecular weight is 882 g/mol. The maximum absolute atomic E-state index is 7.25. The molecule has 0 saturated carbocycles. The van der Waals surface area contributed by atoms with Gasteiger partial charge in [0, 0.05) is 54.7 Å². The first-order valence-electron chi connectivity index (χ1n) is 23.3. The summed E-state index contributed by atoms with van der Waals surface area (Å²) in [5, 5.41) is 6.69. The molecule has 6 nitrogen and oxygen atoms in total. The van der Waals surface area contributed by atoms with Crippen LogP contribution in [0.1, 0.15) is 0 Å². The molecule has 14 rings (SSSR count). The fourth-order valence-corrected chi connectivity index (χ4v) is 10.3. The lowest BCUT2D eigenvalue weighted by molar-refractivity contribution is 0.668. The van der Waals surface area contributed by atoms with E-state index in [0.717, 1.165) is 105 Å². The quantitative estimate of drug-likeness (QED) is 0.160. The van der Waals surface area contributed by atoms with Crippen LogP contribution < -0.4 is 0 Å². The molecule has 0 radical (unpaired) electrons. The highest BCUT2D eigenvalue weighted by Gasteiger charge is 2.23. The molecule has 6 heteroatoms. The van der Waals surface area contributed by atoms with Gasteiger partial charge in [0.1, 0.15) is 0 Å². The number of nitrogens with zero attached hydrogens (tertiary/aromatic N) is 5. The van der Waals surface area contributed by atoms with E-state index in [1.165, 1.54) is 10.8 Å². The zero-order valence-electron chi connectivity index (χ0n) is 37.2. The second kappa shape index (κ2) is 15.6. The lowest BCUT2D eigenvalue weighted by Gasteiger charge is -2.11. The molecule has 322 valence electrons. The van der Waals surface area contributed by atoms with E-state index in [9.17, 15) is 0 Å². The van der Waals surface area contributed by atoms with Crippen LogP contribution in [0, 0.1) is 0 Å². The van der Waals surface area contributed by atoms with Crippen molar-refractivity contribution in [1.29, 1.82) is 0 Å². The number of rotatable bonds is 7. The molecule has 0 N–H and O–H groups in total. The van der Waals surface area contributed by atoms with Crippen molar-refractivity contribution in [2.24, 2.45) is 0 Å². The Morgan fingerprint density at radius 3 is 1.30 bits per heavy atom. The Kier molecular flexibility index (Phi) is 8.79. The molecule has 0 amide bonds. The first kappa shape index (κ1) is 38.8. The Balaban J connectivity index is 0.969. The highest BCUT2D eigenvalue weighted by molar-refractivity contribution is 6.23. The van der Waals surface area contributed by atoms with Gasteiger partial charge in [0.15, 0.2) is 28.6 Å². The Morgan fingerprint density at radius 2 is 0.710 bits per heavy atom. The Hall–Kier alpha value is -9.39. The summed E-state index contributed by atoms with van der Waals surface area (Å²) in [5.41, 5.74) is 15.4. The maximum Gasteiger partial charge on any atom is 0.164 e. The Bertz CT molecular complexity index is 4110. The molecule has 69 heavy (non-hydrogen) atoms. The van der Waals surface area contributed by atoms with Crippen molar-refractivity contribution >= 4 is 65.6 Å². The van der Waals surface area contributed by atoms with Crippen molar-refractivity contribution in [3.8, 4) is 67.8 Å². The lowest BCUT2D eigenvalue weighted by atomic mass is 10.0. The molecule has 0 spiro atoms. The molecule has 0 bridgehead atoms. The average Bonchev–Trinajstić information content (AvgIpc) is 4.09. The number of para-hydroxylation sites is 4. The predicted octanol–water partition coefficient (Wildman–Crippen LogP) is 16.3. The molecule has 0 fully saturated rings. The Labute approximate surface area is 396 Å². The van der Waals surface area contributed by atoms with Gasteiger partial charge in [-0.1, -0.05) is 182 Å². The van der Waals surface area contributed by atoms with E-state index in [4.69, 9.17) is 19.4 Å². The lowest BCUT2D eigenvalue weighted by Crippen LogP contribution is -2.00. The number of fused-ring (bicyclic) bond motifs is 10. The summed E-state index contributed by atoms with van der Waals surface area (Å²) in [7, 11) is 0. The second-order valence-corrected chi connectivity index (χ2v) is 17.6. The van der Waals surface area contributed by atoms with E-state index in [0.29, 0.717) is 17.5 Å². The fourth-order valence-electron chi connectivity index (χ4n) is 10.3. The van der Waals surface area contributed by atoms with Crippen molar-refractivity contribution in [3.63, 3.8) is 0 Å². The summed E-state index contributed by atoms with van der Waals surface area (Å²) in [6, 6.07) is 83.1. The largest absolute Gasteiger partial charge is 0.452 e. The molecular weight excluding hydrogens is 843 g/mol. The van der Waals surface area contributed by atoms with Gasteiger partial charge < -0.3 is 13.6 Å². The smallest absolute Gasteiger partial charge is 0.164 e. The second-order valence-electron chi connectivity index (χ2n) is 17.6. The number of benzene rings is 10.